The molecule has 1 aromatic rings. The highest BCUT2D eigenvalue weighted by molar-refractivity contribution is 5.78. The average Bonchev–Trinajstić information content (AvgIpc) is 2.70. The lowest BCUT2D eigenvalue weighted by Crippen LogP contribution is -2.52. The molecule has 1 spiro atoms. The third-order valence-corrected chi connectivity index (χ3v) is 5.20. The van der Waals surface area contributed by atoms with Gasteiger partial charge in [0.15, 0.2) is 0 Å². The van der Waals surface area contributed by atoms with Crippen LogP contribution in [0.15, 0.2) is 36.9 Å². The summed E-state index contributed by atoms with van der Waals surface area (Å²) in [6.45, 7) is 6.80. The van der Waals surface area contributed by atoms with Gasteiger partial charge in [-0.3, -0.25) is 9.69 Å². The van der Waals surface area contributed by atoms with E-state index in [1.54, 1.807) is 0 Å². The summed E-state index contributed by atoms with van der Waals surface area (Å²) in [5.41, 5.74) is 0.859. The molecule has 1 fully saturated rings. The molecular weight excluding hydrogens is 417 g/mol. The second kappa shape index (κ2) is 10.6. The van der Waals surface area contributed by atoms with Gasteiger partial charge < -0.3 is 19.9 Å². The predicted molar refractivity (Wildman–Crippen MR) is 107 cm³/mol. The van der Waals surface area contributed by atoms with Crippen molar-refractivity contribution in [3.63, 3.8) is 0 Å². The van der Waals surface area contributed by atoms with Crippen molar-refractivity contribution in [1.82, 2.24) is 10.2 Å². The second-order valence-corrected chi connectivity index (χ2v) is 7.47. The molecule has 1 amide bonds. The Morgan fingerprint density at radius 2 is 1.97 bits per heavy atom. The first-order valence-corrected chi connectivity index (χ1v) is 9.80. The lowest BCUT2D eigenvalue weighted by atomic mass is 9.80. The number of ether oxygens (including phenoxy) is 2. The van der Waals surface area contributed by atoms with Gasteiger partial charge >= 0.3 is 12.1 Å². The summed E-state index contributed by atoms with van der Waals surface area (Å²) in [4.78, 5) is 23.3. The van der Waals surface area contributed by atoms with Crippen LogP contribution in [0.25, 0.3) is 0 Å². The molecule has 2 N–H and O–H groups in total. The Bertz CT molecular complexity index is 777. The molecule has 0 aliphatic carbocycles. The quantitative estimate of drug-likeness (QED) is 0.679. The molecule has 0 radical (unpaired) electrons. The number of rotatable bonds is 5. The van der Waals surface area contributed by atoms with E-state index >= 15 is 0 Å². The summed E-state index contributed by atoms with van der Waals surface area (Å²) in [6.07, 6.45) is -0.401. The number of halogens is 3. The fourth-order valence-corrected chi connectivity index (χ4v) is 3.75. The van der Waals surface area contributed by atoms with Crippen LogP contribution < -0.4 is 10.1 Å². The third-order valence-electron chi connectivity index (χ3n) is 5.20. The predicted octanol–water partition coefficient (Wildman–Crippen LogP) is 2.93. The largest absolute Gasteiger partial charge is 0.490 e. The van der Waals surface area contributed by atoms with Crippen LogP contribution in [0, 0.1) is 0 Å². The lowest BCUT2D eigenvalue weighted by Gasteiger charge is -2.46. The number of alkyl halides is 3. The maximum atomic E-state index is 12.0. The summed E-state index contributed by atoms with van der Waals surface area (Å²) >= 11 is 0. The van der Waals surface area contributed by atoms with Crippen LogP contribution in [0.5, 0.6) is 5.75 Å². The van der Waals surface area contributed by atoms with Crippen LogP contribution >= 0.6 is 0 Å². The van der Waals surface area contributed by atoms with E-state index in [0.717, 1.165) is 50.2 Å². The number of carboxylic acid groups (broad SMARTS) is 1. The molecule has 1 aromatic carbocycles. The zero-order chi connectivity index (χ0) is 23.1. The number of methoxy groups -OCH3 is 1. The number of nitrogens with zero attached hydrogens (tertiary/aromatic N) is 1. The minimum absolute atomic E-state index is 0.0245. The second-order valence-electron chi connectivity index (χ2n) is 7.47. The summed E-state index contributed by atoms with van der Waals surface area (Å²) in [5, 5.41) is 10.2. The van der Waals surface area contributed by atoms with E-state index in [1.807, 2.05) is 30.3 Å². The molecule has 2 heterocycles. The Labute approximate surface area is 178 Å². The van der Waals surface area contributed by atoms with Crippen molar-refractivity contribution in [1.29, 1.82) is 0 Å². The van der Waals surface area contributed by atoms with Gasteiger partial charge in [0, 0.05) is 38.7 Å². The Morgan fingerprint density at radius 1 is 1.35 bits per heavy atom. The van der Waals surface area contributed by atoms with Crippen LogP contribution in [0.3, 0.4) is 0 Å². The molecule has 3 rings (SSSR count). The minimum Gasteiger partial charge on any atom is -0.487 e. The van der Waals surface area contributed by atoms with Crippen molar-refractivity contribution in [2.24, 2.45) is 0 Å². The number of aliphatic carboxylic acids is 1. The average molecular weight is 444 g/mol. The van der Waals surface area contributed by atoms with E-state index in [0.29, 0.717) is 0 Å². The van der Waals surface area contributed by atoms with Gasteiger partial charge in [-0.05, 0) is 18.9 Å². The van der Waals surface area contributed by atoms with E-state index < -0.39 is 12.1 Å². The SMILES string of the molecule is C=CCN1CCC2(CC1)CC(NC(=O)COC)c1ccccc1O2.O=C(O)C(F)(F)F. The molecule has 0 aromatic heterocycles. The maximum Gasteiger partial charge on any atom is 0.490 e. The number of hydrogen-bond donors (Lipinski definition) is 2. The first-order chi connectivity index (χ1) is 14.6. The molecular formula is C21H27F3N2O5. The summed E-state index contributed by atoms with van der Waals surface area (Å²) in [7, 11) is 1.54. The monoisotopic (exact) mass is 444 g/mol. The fourth-order valence-electron chi connectivity index (χ4n) is 3.75. The van der Waals surface area contributed by atoms with E-state index in [1.165, 1.54) is 7.11 Å². The van der Waals surface area contributed by atoms with E-state index in [4.69, 9.17) is 19.4 Å². The Kier molecular flexibility index (Phi) is 8.46. The first kappa shape index (κ1) is 24.7. The van der Waals surface area contributed by atoms with Crippen molar-refractivity contribution in [2.45, 2.75) is 37.1 Å². The summed E-state index contributed by atoms with van der Waals surface area (Å²) in [6, 6.07) is 7.99. The molecule has 2 aliphatic heterocycles. The molecule has 1 atom stereocenters. The van der Waals surface area contributed by atoms with Gasteiger partial charge in [-0.15, -0.1) is 6.58 Å². The number of carbonyl (C=O) groups is 2. The molecule has 31 heavy (non-hydrogen) atoms. The number of hydrogen-bond acceptors (Lipinski definition) is 5. The molecule has 172 valence electrons. The normalized spacial score (nSPS) is 19.9. The molecule has 1 saturated heterocycles. The van der Waals surface area contributed by atoms with Crippen molar-refractivity contribution in [2.75, 3.05) is 33.4 Å². The van der Waals surface area contributed by atoms with Crippen molar-refractivity contribution in [3.05, 3.63) is 42.5 Å². The molecule has 1 unspecified atom stereocenters. The first-order valence-electron chi connectivity index (χ1n) is 9.80. The number of para-hydroxylation sites is 1. The summed E-state index contributed by atoms with van der Waals surface area (Å²) < 4.78 is 43.1. The number of amides is 1. The Morgan fingerprint density at radius 3 is 2.52 bits per heavy atom. The molecule has 0 bridgehead atoms. The zero-order valence-corrected chi connectivity index (χ0v) is 17.3. The topological polar surface area (TPSA) is 88.1 Å². The third kappa shape index (κ3) is 6.96. The van der Waals surface area contributed by atoms with Crippen molar-refractivity contribution in [3.8, 4) is 5.75 Å². The van der Waals surface area contributed by atoms with Crippen molar-refractivity contribution < 1.29 is 37.3 Å². The number of carbonyl (C=O) groups excluding carboxylic acids is 1. The highest BCUT2D eigenvalue weighted by atomic mass is 19.4. The van der Waals surface area contributed by atoms with Gasteiger partial charge in [-0.25, -0.2) is 4.79 Å². The highest BCUT2D eigenvalue weighted by Gasteiger charge is 2.43. The number of piperidine rings is 1. The number of nitrogens with one attached hydrogen (secondary N) is 1. The van der Waals surface area contributed by atoms with Gasteiger partial charge in [0.25, 0.3) is 0 Å². The van der Waals surface area contributed by atoms with Crippen LogP contribution in [0.1, 0.15) is 30.9 Å². The van der Waals surface area contributed by atoms with Gasteiger partial charge in [0.05, 0.1) is 6.04 Å². The molecule has 0 saturated carbocycles. The number of carboxylic acids is 1. The van der Waals surface area contributed by atoms with Crippen LogP contribution in [-0.2, 0) is 14.3 Å². The molecule has 10 heteroatoms. The molecule has 7 nitrogen and oxygen atoms in total. The fraction of sp³-hybridized carbons (Fsp3) is 0.524. The summed E-state index contributed by atoms with van der Waals surface area (Å²) in [5.74, 6) is -1.95. The standard InChI is InChI=1S/C19H26N2O3.C2HF3O2/c1-3-10-21-11-8-19(9-12-21)13-16(20-18(22)14-23-2)15-6-4-5-7-17(15)24-19;3-2(4,5)1(6)7/h3-7,16H,1,8-14H2,2H3,(H,20,22);(H,6,7). The van der Waals surface area contributed by atoms with Gasteiger partial charge in [-0.1, -0.05) is 24.3 Å². The smallest absolute Gasteiger partial charge is 0.487 e. The van der Waals surface area contributed by atoms with Gasteiger partial charge in [0.1, 0.15) is 18.0 Å². The van der Waals surface area contributed by atoms with Gasteiger partial charge in [-0.2, -0.15) is 13.2 Å². The maximum absolute atomic E-state index is 12.0. The number of likely N-dealkylation sites (tertiary alicyclic amines) is 1. The van der Waals surface area contributed by atoms with E-state index in [9.17, 15) is 18.0 Å². The number of fused-ring (bicyclic) bond motifs is 1. The Balaban J connectivity index is 0.000000423. The van der Waals surface area contributed by atoms with E-state index in [-0.39, 0.29) is 24.2 Å². The van der Waals surface area contributed by atoms with Crippen LogP contribution in [-0.4, -0.2) is 67.0 Å². The number of benzene rings is 1. The Hall–Kier alpha value is -2.59. The van der Waals surface area contributed by atoms with Gasteiger partial charge in [0.2, 0.25) is 5.91 Å². The highest BCUT2D eigenvalue weighted by Crippen LogP contribution is 2.44. The molecule has 2 aliphatic rings. The van der Waals surface area contributed by atoms with Crippen LogP contribution in [0.2, 0.25) is 0 Å². The van der Waals surface area contributed by atoms with Crippen molar-refractivity contribution >= 4 is 11.9 Å². The lowest BCUT2D eigenvalue weighted by molar-refractivity contribution is -0.192. The van der Waals surface area contributed by atoms with Crippen LogP contribution in [0.4, 0.5) is 13.2 Å². The zero-order valence-electron chi connectivity index (χ0n) is 17.3. The van der Waals surface area contributed by atoms with E-state index in [2.05, 4.69) is 16.8 Å². The minimum atomic E-state index is -5.08.